The maximum absolute atomic E-state index is 12.6. The Bertz CT molecular complexity index is 702. The Morgan fingerprint density at radius 2 is 2.26 bits per heavy atom. The van der Waals surface area contributed by atoms with E-state index in [4.69, 9.17) is 12.2 Å². The zero-order valence-corrected chi connectivity index (χ0v) is 14.4. The van der Waals surface area contributed by atoms with Crippen molar-refractivity contribution in [3.8, 4) is 0 Å². The van der Waals surface area contributed by atoms with Crippen LogP contribution in [0, 0.1) is 0 Å². The van der Waals surface area contributed by atoms with Gasteiger partial charge in [-0.2, -0.15) is 16.9 Å². The molecule has 0 saturated carbocycles. The summed E-state index contributed by atoms with van der Waals surface area (Å²) in [7, 11) is 0. The van der Waals surface area contributed by atoms with Gasteiger partial charge in [-0.15, -0.1) is 0 Å². The van der Waals surface area contributed by atoms with Crippen molar-refractivity contribution in [2.75, 3.05) is 16.9 Å². The zero-order valence-electron chi connectivity index (χ0n) is 12.8. The van der Waals surface area contributed by atoms with Crippen LogP contribution in [0.25, 0.3) is 0 Å². The summed E-state index contributed by atoms with van der Waals surface area (Å²) in [6.07, 6.45) is 6.49. The average Bonchev–Trinajstić information content (AvgIpc) is 3.14. The van der Waals surface area contributed by atoms with Crippen molar-refractivity contribution in [3.63, 3.8) is 0 Å². The second-order valence-electron chi connectivity index (χ2n) is 5.33. The maximum atomic E-state index is 12.6. The monoisotopic (exact) mass is 346 g/mol. The van der Waals surface area contributed by atoms with Gasteiger partial charge in [0.25, 0.3) is 5.91 Å². The predicted octanol–water partition coefficient (Wildman–Crippen LogP) is 2.27. The lowest BCUT2D eigenvalue weighted by Gasteiger charge is -2.16. The molecule has 1 amide bonds. The number of nitrogens with one attached hydrogen (secondary N) is 1. The number of aromatic nitrogens is 2. The first-order valence-electron chi connectivity index (χ1n) is 7.39. The van der Waals surface area contributed by atoms with E-state index in [1.807, 2.05) is 47.5 Å². The molecule has 23 heavy (non-hydrogen) atoms. The van der Waals surface area contributed by atoms with E-state index in [0.717, 1.165) is 23.4 Å². The topological polar surface area (TPSA) is 50.2 Å². The summed E-state index contributed by atoms with van der Waals surface area (Å²) in [5.41, 5.74) is 1.89. The van der Waals surface area contributed by atoms with E-state index >= 15 is 0 Å². The Morgan fingerprint density at radius 1 is 1.39 bits per heavy atom. The van der Waals surface area contributed by atoms with Crippen LogP contribution in [-0.4, -0.2) is 38.9 Å². The van der Waals surface area contributed by atoms with E-state index in [1.165, 1.54) is 0 Å². The van der Waals surface area contributed by atoms with Gasteiger partial charge in [0.1, 0.15) is 6.04 Å². The number of hydrogen-bond acceptors (Lipinski definition) is 4. The van der Waals surface area contributed by atoms with E-state index < -0.39 is 0 Å². The number of nitrogens with zero attached hydrogens (tertiary/aromatic N) is 3. The van der Waals surface area contributed by atoms with Crippen LogP contribution in [0.4, 0.5) is 5.69 Å². The average molecular weight is 346 g/mol. The summed E-state index contributed by atoms with van der Waals surface area (Å²) in [5.74, 6) is 0.958. The molecule has 1 fully saturated rings. The number of hydrogen-bond donors (Lipinski definition) is 1. The summed E-state index contributed by atoms with van der Waals surface area (Å²) in [5, 5.41) is 7.82. The van der Waals surface area contributed by atoms with Crippen molar-refractivity contribution in [2.24, 2.45) is 0 Å². The smallest absolute Gasteiger partial charge is 0.255 e. The Balaban J connectivity index is 1.78. The minimum absolute atomic E-state index is 0.0280. The van der Waals surface area contributed by atoms with E-state index in [2.05, 4.69) is 10.4 Å². The number of anilines is 1. The predicted molar refractivity (Wildman–Crippen MR) is 97.8 cm³/mol. The first-order valence-corrected chi connectivity index (χ1v) is 9.19. The number of amides is 1. The number of benzene rings is 1. The van der Waals surface area contributed by atoms with Gasteiger partial charge in [0.2, 0.25) is 0 Å². The highest BCUT2D eigenvalue weighted by Gasteiger charge is 2.35. The fourth-order valence-electron chi connectivity index (χ4n) is 2.58. The third-order valence-corrected chi connectivity index (χ3v) is 4.65. The highest BCUT2D eigenvalue weighted by atomic mass is 32.2. The van der Waals surface area contributed by atoms with E-state index in [1.54, 1.807) is 22.9 Å². The molecule has 1 aromatic carbocycles. The largest absolute Gasteiger partial charge is 0.350 e. The summed E-state index contributed by atoms with van der Waals surface area (Å²) >= 11 is 7.09. The minimum Gasteiger partial charge on any atom is -0.350 e. The molecular formula is C16H18N4OS2. The van der Waals surface area contributed by atoms with Crippen LogP contribution < -0.4 is 10.2 Å². The van der Waals surface area contributed by atoms with Gasteiger partial charge >= 0.3 is 0 Å². The molecule has 1 aromatic heterocycles. The molecule has 0 bridgehead atoms. The SMILES string of the molecule is CSCC[C@H]1NC(=S)N(c2cccc(Cn3cccn3)c2)C1=O. The quantitative estimate of drug-likeness (QED) is 0.813. The minimum atomic E-state index is -0.218. The maximum Gasteiger partial charge on any atom is 0.255 e. The third kappa shape index (κ3) is 3.56. The number of rotatable bonds is 6. The molecule has 1 saturated heterocycles. The molecule has 0 unspecified atom stereocenters. The molecule has 2 aromatic rings. The second kappa shape index (κ2) is 7.14. The third-order valence-electron chi connectivity index (χ3n) is 3.70. The molecule has 1 aliphatic heterocycles. The van der Waals surface area contributed by atoms with Gasteiger partial charge in [0.15, 0.2) is 5.11 Å². The Morgan fingerprint density at radius 3 is 3.00 bits per heavy atom. The first-order chi connectivity index (χ1) is 11.2. The summed E-state index contributed by atoms with van der Waals surface area (Å²) < 4.78 is 1.85. The molecule has 3 rings (SSSR count). The highest BCUT2D eigenvalue weighted by molar-refractivity contribution is 7.98. The molecule has 1 aliphatic rings. The van der Waals surface area contributed by atoms with Crippen LogP contribution in [0.15, 0.2) is 42.7 Å². The van der Waals surface area contributed by atoms with Gasteiger partial charge in [-0.05, 0) is 54.4 Å². The Labute approximate surface area is 145 Å². The van der Waals surface area contributed by atoms with E-state index in [9.17, 15) is 4.79 Å². The Kier molecular flexibility index (Phi) is 4.97. The van der Waals surface area contributed by atoms with Crippen molar-refractivity contribution < 1.29 is 4.79 Å². The van der Waals surface area contributed by atoms with E-state index in [-0.39, 0.29) is 11.9 Å². The molecule has 7 heteroatoms. The van der Waals surface area contributed by atoms with Crippen molar-refractivity contribution in [1.82, 2.24) is 15.1 Å². The normalized spacial score (nSPS) is 17.6. The lowest BCUT2D eigenvalue weighted by atomic mass is 10.1. The molecule has 120 valence electrons. The molecular weight excluding hydrogens is 328 g/mol. The molecule has 5 nitrogen and oxygen atoms in total. The van der Waals surface area contributed by atoms with Crippen molar-refractivity contribution >= 4 is 40.7 Å². The fourth-order valence-corrected chi connectivity index (χ4v) is 3.39. The van der Waals surface area contributed by atoms with E-state index in [0.29, 0.717) is 11.7 Å². The van der Waals surface area contributed by atoms with Crippen LogP contribution >= 0.6 is 24.0 Å². The molecule has 1 N–H and O–H groups in total. The van der Waals surface area contributed by atoms with Crippen molar-refractivity contribution in [1.29, 1.82) is 0 Å². The van der Waals surface area contributed by atoms with Gasteiger partial charge in [-0.25, -0.2) is 0 Å². The molecule has 0 aliphatic carbocycles. The van der Waals surface area contributed by atoms with Crippen LogP contribution in [0.2, 0.25) is 0 Å². The highest BCUT2D eigenvalue weighted by Crippen LogP contribution is 2.23. The van der Waals surface area contributed by atoms with Gasteiger partial charge < -0.3 is 5.32 Å². The van der Waals surface area contributed by atoms with Crippen molar-refractivity contribution in [2.45, 2.75) is 19.0 Å². The van der Waals surface area contributed by atoms with Gasteiger partial charge in [0, 0.05) is 12.4 Å². The summed E-state index contributed by atoms with van der Waals surface area (Å²) in [6.45, 7) is 0.666. The van der Waals surface area contributed by atoms with Crippen molar-refractivity contribution in [3.05, 3.63) is 48.3 Å². The molecule has 2 heterocycles. The second-order valence-corrected chi connectivity index (χ2v) is 6.70. The van der Waals surface area contributed by atoms with Gasteiger partial charge in [-0.3, -0.25) is 14.4 Å². The number of carbonyl (C=O) groups is 1. The van der Waals surface area contributed by atoms with Gasteiger partial charge in [0.05, 0.1) is 12.2 Å². The molecule has 0 radical (unpaired) electrons. The Hall–Kier alpha value is -1.86. The molecule has 0 spiro atoms. The van der Waals surface area contributed by atoms with Crippen LogP contribution in [0.1, 0.15) is 12.0 Å². The number of thiocarbonyl (C=S) groups is 1. The molecule has 1 atom stereocenters. The van der Waals surface area contributed by atoms with Crippen LogP contribution in [0.5, 0.6) is 0 Å². The zero-order chi connectivity index (χ0) is 16.2. The van der Waals surface area contributed by atoms with Crippen LogP contribution in [0.3, 0.4) is 0 Å². The number of carbonyl (C=O) groups excluding carboxylic acids is 1. The summed E-state index contributed by atoms with van der Waals surface area (Å²) in [6, 6.07) is 9.54. The summed E-state index contributed by atoms with van der Waals surface area (Å²) in [4.78, 5) is 14.2. The van der Waals surface area contributed by atoms with Gasteiger partial charge in [-0.1, -0.05) is 12.1 Å². The number of thioether (sulfide) groups is 1. The first kappa shape index (κ1) is 16.0. The van der Waals surface area contributed by atoms with Crippen LogP contribution in [-0.2, 0) is 11.3 Å². The lowest BCUT2D eigenvalue weighted by Crippen LogP contribution is -2.31. The fraction of sp³-hybridized carbons (Fsp3) is 0.312. The lowest BCUT2D eigenvalue weighted by molar-refractivity contribution is -0.118. The standard InChI is InChI=1S/C16H18N4OS2/c1-23-9-6-14-15(21)20(16(22)18-14)13-5-2-4-12(10-13)11-19-8-3-7-17-19/h2-5,7-8,10,14H,6,9,11H2,1H3,(H,18,22)/t14-/m1/s1.